The number of fused-ring (bicyclic) bond motifs is 1. The molecule has 0 spiro atoms. The highest BCUT2D eigenvalue weighted by molar-refractivity contribution is 7.44. The van der Waals surface area contributed by atoms with Gasteiger partial charge in [0.05, 0.1) is 32.0 Å². The standard InChI is InChI=1S/C53H66N7O6PSi/c1-36(2)60(37(3)4)67(63-32-18-31-54)65-47-46(66-68(10,11)52(7,8)9)44(64-51(47)59-35-57-45-48(55-34-56-49(45)59)58-50(61)40-19-14-12-15-20-40)33-62-53(41-21-16-13-17-22-41,42-27-23-38(5)24-28-42)43-29-25-39(6)26-30-43/h12-17,19-30,34-37,44,46-47,51H,18,32-33H2,1-11H3,(H,55,56,58,61)/t44-,46?,47+,51-,67?/m1/s1. The summed E-state index contributed by atoms with van der Waals surface area (Å²) < 4.78 is 40.6. The van der Waals surface area contributed by atoms with E-state index in [0.29, 0.717) is 16.7 Å². The van der Waals surface area contributed by atoms with Crippen LogP contribution in [0.5, 0.6) is 0 Å². The highest BCUT2D eigenvalue weighted by atomic mass is 31.2. The lowest BCUT2D eigenvalue weighted by Crippen LogP contribution is -2.51. The van der Waals surface area contributed by atoms with Gasteiger partial charge in [-0.2, -0.15) is 5.26 Å². The van der Waals surface area contributed by atoms with Crippen molar-refractivity contribution >= 4 is 39.7 Å². The largest absolute Gasteiger partial charge is 0.408 e. The van der Waals surface area contributed by atoms with Crippen LogP contribution in [0.2, 0.25) is 18.1 Å². The first-order valence-corrected chi connectivity index (χ1v) is 27.4. The number of hydrogen-bond donors (Lipinski definition) is 1. The summed E-state index contributed by atoms with van der Waals surface area (Å²) >= 11 is 0. The van der Waals surface area contributed by atoms with Crippen LogP contribution >= 0.6 is 8.53 Å². The summed E-state index contributed by atoms with van der Waals surface area (Å²) in [5.41, 5.74) is 5.36. The van der Waals surface area contributed by atoms with E-state index in [9.17, 15) is 10.1 Å². The van der Waals surface area contributed by atoms with Crippen molar-refractivity contribution in [3.05, 3.63) is 155 Å². The second-order valence-corrected chi connectivity index (χ2v) is 25.6. The number of carbonyl (C=O) groups is 1. The summed E-state index contributed by atoms with van der Waals surface area (Å²) in [5.74, 6) is -0.0751. The minimum absolute atomic E-state index is 0.0240. The van der Waals surface area contributed by atoms with Gasteiger partial charge in [-0.1, -0.05) is 129 Å². The van der Waals surface area contributed by atoms with E-state index in [2.05, 4.69) is 157 Å². The summed E-state index contributed by atoms with van der Waals surface area (Å²) in [4.78, 5) is 27.5. The summed E-state index contributed by atoms with van der Waals surface area (Å²) in [6.45, 7) is 24.0. The fourth-order valence-corrected chi connectivity index (χ4v) is 11.4. The van der Waals surface area contributed by atoms with Gasteiger partial charge in [0.15, 0.2) is 31.5 Å². The van der Waals surface area contributed by atoms with Gasteiger partial charge >= 0.3 is 0 Å². The highest BCUT2D eigenvalue weighted by Crippen LogP contribution is 2.53. The monoisotopic (exact) mass is 955 g/mol. The fraction of sp³-hybridized carbons (Fsp3) is 0.415. The van der Waals surface area contributed by atoms with Crippen LogP contribution in [0.3, 0.4) is 0 Å². The van der Waals surface area contributed by atoms with E-state index in [1.807, 2.05) is 41.0 Å². The average Bonchev–Trinajstić information content (AvgIpc) is 3.88. The third-order valence-corrected chi connectivity index (χ3v) is 19.5. The predicted octanol–water partition coefficient (Wildman–Crippen LogP) is 11.7. The SMILES string of the molecule is Cc1ccc(C(OC[C@H]2O[C@@H](n3cnc4c(NC(=O)c5ccccc5)ncnc43)[C@@H](OP(OCCC#N)N(C(C)C)C(C)C)C2O[Si](C)(C)C(C)(C)C)(c2ccccc2)c2ccc(C)cc2)cc1. The second-order valence-electron chi connectivity index (χ2n) is 19.5. The zero-order valence-electron chi connectivity index (χ0n) is 41.2. The molecule has 4 aromatic carbocycles. The molecule has 5 atom stereocenters. The Hall–Kier alpha value is -5.20. The summed E-state index contributed by atoms with van der Waals surface area (Å²) in [7, 11) is -4.42. The Balaban J connectivity index is 1.40. The van der Waals surface area contributed by atoms with Crippen LogP contribution in [0.25, 0.3) is 11.2 Å². The minimum Gasteiger partial charge on any atom is -0.408 e. The number of nitrogens with zero attached hydrogens (tertiary/aromatic N) is 6. The van der Waals surface area contributed by atoms with Crippen molar-refractivity contribution in [2.75, 3.05) is 18.5 Å². The zero-order chi connectivity index (χ0) is 48.8. The third kappa shape index (κ3) is 11.0. The van der Waals surface area contributed by atoms with Gasteiger partial charge in [-0.15, -0.1) is 0 Å². The number of benzene rings is 4. The van der Waals surface area contributed by atoms with Crippen molar-refractivity contribution in [1.29, 1.82) is 5.26 Å². The van der Waals surface area contributed by atoms with E-state index in [4.69, 9.17) is 32.9 Å². The molecule has 68 heavy (non-hydrogen) atoms. The van der Waals surface area contributed by atoms with Crippen LogP contribution in [0.4, 0.5) is 5.82 Å². The number of aryl methyl sites for hydroxylation is 2. The van der Waals surface area contributed by atoms with Crippen molar-refractivity contribution in [2.24, 2.45) is 0 Å². The van der Waals surface area contributed by atoms with Crippen molar-refractivity contribution in [1.82, 2.24) is 24.2 Å². The molecule has 2 unspecified atom stereocenters. The van der Waals surface area contributed by atoms with E-state index in [-0.39, 0.29) is 48.5 Å². The molecule has 2 aromatic heterocycles. The van der Waals surface area contributed by atoms with Crippen molar-refractivity contribution in [3.63, 3.8) is 0 Å². The first-order valence-electron chi connectivity index (χ1n) is 23.4. The maximum absolute atomic E-state index is 13.5. The van der Waals surface area contributed by atoms with E-state index < -0.39 is 47.0 Å². The molecular formula is C53H66N7O6PSi. The number of ether oxygens (including phenoxy) is 2. The molecule has 1 aliphatic rings. The van der Waals surface area contributed by atoms with Gasteiger partial charge in [0.1, 0.15) is 30.2 Å². The molecule has 1 fully saturated rings. The summed E-state index contributed by atoms with van der Waals surface area (Å²) in [6, 6.07) is 38.6. The lowest BCUT2D eigenvalue weighted by atomic mass is 9.79. The second kappa shape index (κ2) is 21.6. The molecular weight excluding hydrogens is 890 g/mol. The van der Waals surface area contributed by atoms with Crippen LogP contribution in [0.1, 0.15) is 99.3 Å². The summed E-state index contributed by atoms with van der Waals surface area (Å²) in [5, 5.41) is 12.4. The minimum atomic E-state index is -2.62. The van der Waals surface area contributed by atoms with Gasteiger partial charge in [0.2, 0.25) is 0 Å². The van der Waals surface area contributed by atoms with Crippen molar-refractivity contribution in [3.8, 4) is 6.07 Å². The Morgan fingerprint density at radius 2 is 1.41 bits per heavy atom. The smallest absolute Gasteiger partial charge is 0.259 e. The number of imidazole rings is 1. The van der Waals surface area contributed by atoms with Crippen molar-refractivity contribution in [2.45, 2.75) is 129 Å². The summed E-state index contributed by atoms with van der Waals surface area (Å²) in [6.07, 6.45) is 0.142. The van der Waals surface area contributed by atoms with E-state index in [1.165, 1.54) is 6.33 Å². The van der Waals surface area contributed by atoms with Gasteiger partial charge in [0, 0.05) is 17.6 Å². The lowest BCUT2D eigenvalue weighted by molar-refractivity contribution is -0.0927. The van der Waals surface area contributed by atoms with E-state index >= 15 is 0 Å². The maximum Gasteiger partial charge on any atom is 0.259 e. The van der Waals surface area contributed by atoms with Gasteiger partial charge in [-0.05, 0) is 88.5 Å². The van der Waals surface area contributed by atoms with Gasteiger partial charge in [-0.3, -0.25) is 9.36 Å². The molecule has 0 radical (unpaired) electrons. The van der Waals surface area contributed by atoms with Crippen molar-refractivity contribution < 1.29 is 27.7 Å². The Kier molecular flexibility index (Phi) is 16.1. The van der Waals surface area contributed by atoms with Gasteiger partial charge in [-0.25, -0.2) is 19.6 Å². The topological polar surface area (TPSA) is 146 Å². The normalized spacial score (nSPS) is 18.4. The molecule has 1 N–H and O–H groups in total. The van der Waals surface area contributed by atoms with Crippen LogP contribution in [-0.2, 0) is 28.5 Å². The molecule has 0 bridgehead atoms. The predicted molar refractivity (Wildman–Crippen MR) is 270 cm³/mol. The molecule has 15 heteroatoms. The Morgan fingerprint density at radius 3 is 1.97 bits per heavy atom. The van der Waals surface area contributed by atoms with Gasteiger partial charge in [0.25, 0.3) is 14.4 Å². The number of rotatable bonds is 19. The fourth-order valence-electron chi connectivity index (χ4n) is 8.34. The molecule has 7 rings (SSSR count). The van der Waals surface area contributed by atoms with Crippen LogP contribution in [0.15, 0.2) is 122 Å². The molecule has 0 saturated carbocycles. The lowest BCUT2D eigenvalue weighted by Gasteiger charge is -2.43. The number of anilines is 1. The van der Waals surface area contributed by atoms with E-state index in [0.717, 1.165) is 27.8 Å². The maximum atomic E-state index is 13.5. The number of amides is 1. The molecule has 358 valence electrons. The molecule has 1 amide bonds. The Labute approximate surface area is 404 Å². The Morgan fingerprint density at radius 1 is 0.838 bits per heavy atom. The number of hydrogen-bond acceptors (Lipinski definition) is 11. The molecule has 6 aromatic rings. The van der Waals surface area contributed by atoms with E-state index in [1.54, 1.807) is 18.5 Å². The zero-order valence-corrected chi connectivity index (χ0v) is 43.1. The molecule has 13 nitrogen and oxygen atoms in total. The highest BCUT2D eigenvalue weighted by Gasteiger charge is 2.54. The Bertz CT molecular complexity index is 2580. The first-order chi connectivity index (χ1) is 32.4. The molecule has 3 heterocycles. The quantitative estimate of drug-likeness (QED) is 0.0358. The number of aromatic nitrogens is 4. The van der Waals surface area contributed by atoms with Crippen LogP contribution in [-0.4, -0.2) is 82.0 Å². The number of nitriles is 1. The molecule has 1 aliphatic heterocycles. The first kappa shape index (κ1) is 50.7. The number of carbonyl (C=O) groups excluding carboxylic acids is 1. The molecule has 0 aliphatic carbocycles. The van der Waals surface area contributed by atoms with Crippen LogP contribution < -0.4 is 5.32 Å². The molecule has 1 saturated heterocycles. The van der Waals surface area contributed by atoms with Crippen LogP contribution in [0, 0.1) is 25.2 Å². The average molecular weight is 956 g/mol. The number of nitrogens with one attached hydrogen (secondary N) is 1. The van der Waals surface area contributed by atoms with Gasteiger partial charge < -0.3 is 28.3 Å². The third-order valence-electron chi connectivity index (χ3n) is 12.9.